The summed E-state index contributed by atoms with van der Waals surface area (Å²) in [4.78, 5) is 17.5. The standard InChI is InChI=1S/C13H16N4O/c1-10(18)16-12-3-2-6-17(9-12)13-5-4-11(7-14)8-15-13/h4-5,8,12H,2-3,6,9H2,1H3,(H,16,18). The van der Waals surface area contributed by atoms with Crippen LogP contribution in [0.1, 0.15) is 25.3 Å². The zero-order valence-electron chi connectivity index (χ0n) is 10.4. The molecule has 5 heteroatoms. The highest BCUT2D eigenvalue weighted by atomic mass is 16.1. The van der Waals surface area contributed by atoms with Gasteiger partial charge in [-0.05, 0) is 25.0 Å². The van der Waals surface area contributed by atoms with E-state index in [-0.39, 0.29) is 11.9 Å². The van der Waals surface area contributed by atoms with Gasteiger partial charge < -0.3 is 10.2 Å². The molecule has 2 rings (SSSR count). The van der Waals surface area contributed by atoms with E-state index in [4.69, 9.17) is 5.26 Å². The number of hydrogen-bond acceptors (Lipinski definition) is 4. The number of hydrogen-bond donors (Lipinski definition) is 1. The first-order valence-corrected chi connectivity index (χ1v) is 6.07. The Morgan fingerprint density at radius 2 is 2.44 bits per heavy atom. The summed E-state index contributed by atoms with van der Waals surface area (Å²) < 4.78 is 0. The lowest BCUT2D eigenvalue weighted by Gasteiger charge is -2.33. The van der Waals surface area contributed by atoms with Gasteiger partial charge in [-0.3, -0.25) is 4.79 Å². The molecule has 1 fully saturated rings. The van der Waals surface area contributed by atoms with Crippen LogP contribution in [0, 0.1) is 11.3 Å². The van der Waals surface area contributed by atoms with Crippen LogP contribution in [-0.2, 0) is 4.79 Å². The molecule has 1 aliphatic heterocycles. The zero-order valence-corrected chi connectivity index (χ0v) is 10.4. The fourth-order valence-corrected chi connectivity index (χ4v) is 2.23. The molecule has 0 aromatic carbocycles. The highest BCUT2D eigenvalue weighted by molar-refractivity contribution is 5.73. The van der Waals surface area contributed by atoms with Crippen molar-refractivity contribution in [3.05, 3.63) is 23.9 Å². The third-order valence-electron chi connectivity index (χ3n) is 3.03. The van der Waals surface area contributed by atoms with Crippen molar-refractivity contribution in [3.63, 3.8) is 0 Å². The van der Waals surface area contributed by atoms with Crippen molar-refractivity contribution in [2.75, 3.05) is 18.0 Å². The number of carbonyl (C=O) groups is 1. The average molecular weight is 244 g/mol. The Labute approximate surface area is 106 Å². The van der Waals surface area contributed by atoms with Gasteiger partial charge >= 0.3 is 0 Å². The maximum Gasteiger partial charge on any atom is 0.217 e. The summed E-state index contributed by atoms with van der Waals surface area (Å²) in [5.74, 6) is 0.874. The van der Waals surface area contributed by atoms with Gasteiger partial charge in [0.05, 0.1) is 5.56 Å². The molecule has 1 unspecified atom stereocenters. The van der Waals surface area contributed by atoms with Gasteiger partial charge in [0.1, 0.15) is 11.9 Å². The number of pyridine rings is 1. The smallest absolute Gasteiger partial charge is 0.217 e. The van der Waals surface area contributed by atoms with Crippen molar-refractivity contribution >= 4 is 11.7 Å². The van der Waals surface area contributed by atoms with E-state index in [1.165, 1.54) is 0 Å². The lowest BCUT2D eigenvalue weighted by Crippen LogP contribution is -2.47. The topological polar surface area (TPSA) is 69.0 Å². The summed E-state index contributed by atoms with van der Waals surface area (Å²) in [5.41, 5.74) is 0.564. The molecule has 1 aliphatic rings. The average Bonchev–Trinajstić information content (AvgIpc) is 2.38. The Hall–Kier alpha value is -2.09. The molecule has 0 aliphatic carbocycles. The Kier molecular flexibility index (Phi) is 3.78. The van der Waals surface area contributed by atoms with Gasteiger partial charge in [0.2, 0.25) is 5.91 Å². The van der Waals surface area contributed by atoms with Crippen molar-refractivity contribution in [1.29, 1.82) is 5.26 Å². The first-order chi connectivity index (χ1) is 8.69. The lowest BCUT2D eigenvalue weighted by molar-refractivity contribution is -0.119. The van der Waals surface area contributed by atoms with Crippen molar-refractivity contribution in [3.8, 4) is 6.07 Å². The second-order valence-corrected chi connectivity index (χ2v) is 4.50. The van der Waals surface area contributed by atoms with Crippen molar-refractivity contribution < 1.29 is 4.79 Å². The van der Waals surface area contributed by atoms with Crippen LogP contribution in [0.3, 0.4) is 0 Å². The van der Waals surface area contributed by atoms with Crippen LogP contribution < -0.4 is 10.2 Å². The summed E-state index contributed by atoms with van der Waals surface area (Å²) in [7, 11) is 0. The first-order valence-electron chi connectivity index (χ1n) is 6.07. The SMILES string of the molecule is CC(=O)NC1CCCN(c2ccc(C#N)cn2)C1. The molecule has 5 nitrogen and oxygen atoms in total. The molecule has 1 aromatic rings. The zero-order chi connectivity index (χ0) is 13.0. The van der Waals surface area contributed by atoms with Gasteiger partial charge in [0, 0.05) is 32.3 Å². The molecule has 1 saturated heterocycles. The van der Waals surface area contributed by atoms with E-state index in [2.05, 4.69) is 21.3 Å². The lowest BCUT2D eigenvalue weighted by atomic mass is 10.1. The number of amides is 1. The predicted molar refractivity (Wildman–Crippen MR) is 68.0 cm³/mol. The van der Waals surface area contributed by atoms with Crippen LogP contribution in [0.2, 0.25) is 0 Å². The number of nitrogens with zero attached hydrogens (tertiary/aromatic N) is 3. The number of nitriles is 1. The Balaban J connectivity index is 2.03. The summed E-state index contributed by atoms with van der Waals surface area (Å²) >= 11 is 0. The summed E-state index contributed by atoms with van der Waals surface area (Å²) in [6.45, 7) is 3.26. The number of aromatic nitrogens is 1. The summed E-state index contributed by atoms with van der Waals surface area (Å²) in [5, 5.41) is 11.7. The van der Waals surface area contributed by atoms with Crippen LogP contribution in [-0.4, -0.2) is 30.0 Å². The van der Waals surface area contributed by atoms with Crippen LogP contribution in [0.15, 0.2) is 18.3 Å². The molecule has 1 amide bonds. The molecular formula is C13H16N4O. The van der Waals surface area contributed by atoms with Gasteiger partial charge in [-0.15, -0.1) is 0 Å². The van der Waals surface area contributed by atoms with Gasteiger partial charge in [0.25, 0.3) is 0 Å². The van der Waals surface area contributed by atoms with Gasteiger partial charge in [-0.2, -0.15) is 5.26 Å². The maximum atomic E-state index is 11.1. The van der Waals surface area contributed by atoms with E-state index in [0.717, 1.165) is 31.7 Å². The third-order valence-corrected chi connectivity index (χ3v) is 3.03. The maximum absolute atomic E-state index is 11.1. The minimum absolute atomic E-state index is 0.00892. The van der Waals surface area contributed by atoms with Crippen molar-refractivity contribution in [2.45, 2.75) is 25.8 Å². The van der Waals surface area contributed by atoms with E-state index in [1.807, 2.05) is 6.07 Å². The molecule has 0 spiro atoms. The van der Waals surface area contributed by atoms with Crippen molar-refractivity contribution in [2.24, 2.45) is 0 Å². The van der Waals surface area contributed by atoms with E-state index in [0.29, 0.717) is 5.56 Å². The molecule has 2 heterocycles. The normalized spacial score (nSPS) is 19.1. The second-order valence-electron chi connectivity index (χ2n) is 4.50. The third kappa shape index (κ3) is 2.98. The van der Waals surface area contributed by atoms with E-state index >= 15 is 0 Å². The van der Waals surface area contributed by atoms with Crippen LogP contribution in [0.5, 0.6) is 0 Å². The van der Waals surface area contributed by atoms with Crippen LogP contribution >= 0.6 is 0 Å². The summed E-state index contributed by atoms with van der Waals surface area (Å²) in [6.07, 6.45) is 3.62. The van der Waals surface area contributed by atoms with Gasteiger partial charge in [-0.1, -0.05) is 0 Å². The molecule has 18 heavy (non-hydrogen) atoms. The molecular weight excluding hydrogens is 228 g/mol. The van der Waals surface area contributed by atoms with E-state index < -0.39 is 0 Å². The fourth-order valence-electron chi connectivity index (χ4n) is 2.23. The highest BCUT2D eigenvalue weighted by Gasteiger charge is 2.21. The Bertz CT molecular complexity index is 463. The molecule has 0 bridgehead atoms. The second kappa shape index (κ2) is 5.50. The molecule has 1 aromatic heterocycles. The minimum Gasteiger partial charge on any atom is -0.355 e. The number of rotatable bonds is 2. The molecule has 1 N–H and O–H groups in total. The largest absolute Gasteiger partial charge is 0.355 e. The molecule has 1 atom stereocenters. The van der Waals surface area contributed by atoms with Gasteiger partial charge in [0.15, 0.2) is 0 Å². The number of nitrogens with one attached hydrogen (secondary N) is 1. The molecule has 94 valence electrons. The monoisotopic (exact) mass is 244 g/mol. The fraction of sp³-hybridized carbons (Fsp3) is 0.462. The van der Waals surface area contributed by atoms with Crippen molar-refractivity contribution in [1.82, 2.24) is 10.3 Å². The predicted octanol–water partition coefficient (Wildman–Crippen LogP) is 1.06. The Morgan fingerprint density at radius 3 is 3.06 bits per heavy atom. The number of carbonyl (C=O) groups excluding carboxylic acids is 1. The number of anilines is 1. The number of piperidine rings is 1. The van der Waals surface area contributed by atoms with E-state index in [1.54, 1.807) is 19.2 Å². The van der Waals surface area contributed by atoms with Crippen LogP contribution in [0.25, 0.3) is 0 Å². The molecule has 0 radical (unpaired) electrons. The quantitative estimate of drug-likeness (QED) is 0.844. The van der Waals surface area contributed by atoms with Gasteiger partial charge in [-0.25, -0.2) is 4.98 Å². The minimum atomic E-state index is 0.00892. The highest BCUT2D eigenvalue weighted by Crippen LogP contribution is 2.17. The van der Waals surface area contributed by atoms with Crippen LogP contribution in [0.4, 0.5) is 5.82 Å². The van der Waals surface area contributed by atoms with E-state index in [9.17, 15) is 4.79 Å². The summed E-state index contributed by atoms with van der Waals surface area (Å²) in [6, 6.07) is 5.87. The molecule has 0 saturated carbocycles. The first kappa shape index (κ1) is 12.4. The Morgan fingerprint density at radius 1 is 1.61 bits per heavy atom.